The number of benzene rings is 2. The largest absolute Gasteiger partial charge is 0.207 e. The van der Waals surface area contributed by atoms with Crippen LogP contribution >= 0.6 is 11.6 Å². The molecule has 2 aromatic carbocycles. The first-order valence-corrected chi connectivity index (χ1v) is 7.66. The number of hydrogen-bond acceptors (Lipinski definition) is 0. The molecular weight excluding hydrogens is 271 g/mol. The van der Waals surface area contributed by atoms with Gasteiger partial charge in [0.1, 0.15) is 5.82 Å². The predicted molar refractivity (Wildman–Crippen MR) is 81.6 cm³/mol. The third kappa shape index (κ3) is 3.04. The van der Waals surface area contributed by atoms with E-state index in [-0.39, 0.29) is 5.82 Å². The van der Waals surface area contributed by atoms with E-state index < -0.39 is 0 Å². The van der Waals surface area contributed by atoms with Crippen molar-refractivity contribution in [2.24, 2.45) is 11.8 Å². The van der Waals surface area contributed by atoms with Gasteiger partial charge in [0.25, 0.3) is 0 Å². The number of hydrogen-bond donors (Lipinski definition) is 0. The van der Waals surface area contributed by atoms with Gasteiger partial charge in [0.2, 0.25) is 0 Å². The molecule has 0 heterocycles. The maximum Gasteiger partial charge on any atom is 0.123 e. The van der Waals surface area contributed by atoms with Gasteiger partial charge in [-0.25, -0.2) is 4.39 Å². The van der Waals surface area contributed by atoms with E-state index in [9.17, 15) is 4.39 Å². The standard InChI is InChI=1S/C18H18ClF/c19-12-15(10-13-6-8-16(20)9-7-13)18-11-17(18)14-4-2-1-3-5-14/h1-9,15,17-18H,10-12H2. The molecule has 104 valence electrons. The summed E-state index contributed by atoms with van der Waals surface area (Å²) in [5, 5.41) is 0. The highest BCUT2D eigenvalue weighted by Gasteiger charge is 2.43. The summed E-state index contributed by atoms with van der Waals surface area (Å²) in [5.41, 5.74) is 2.60. The maximum atomic E-state index is 12.9. The molecule has 2 heteroatoms. The number of alkyl halides is 1. The van der Waals surface area contributed by atoms with Crippen LogP contribution < -0.4 is 0 Å². The Morgan fingerprint density at radius 2 is 1.75 bits per heavy atom. The van der Waals surface area contributed by atoms with Gasteiger partial charge in [0, 0.05) is 5.88 Å². The molecule has 0 saturated heterocycles. The number of halogens is 2. The van der Waals surface area contributed by atoms with Gasteiger partial charge >= 0.3 is 0 Å². The lowest BCUT2D eigenvalue weighted by Crippen LogP contribution is -2.10. The van der Waals surface area contributed by atoms with Crippen LogP contribution in [-0.2, 0) is 6.42 Å². The van der Waals surface area contributed by atoms with Gasteiger partial charge in [-0.1, -0.05) is 42.5 Å². The fourth-order valence-electron chi connectivity index (χ4n) is 3.06. The average Bonchev–Trinajstić information content (AvgIpc) is 3.28. The summed E-state index contributed by atoms with van der Waals surface area (Å²) in [6.45, 7) is 0. The van der Waals surface area contributed by atoms with Crippen LogP contribution in [0.2, 0.25) is 0 Å². The molecule has 0 spiro atoms. The van der Waals surface area contributed by atoms with E-state index in [1.54, 1.807) is 0 Å². The van der Waals surface area contributed by atoms with E-state index in [0.29, 0.717) is 23.6 Å². The van der Waals surface area contributed by atoms with Crippen LogP contribution in [0.15, 0.2) is 54.6 Å². The Morgan fingerprint density at radius 1 is 1.05 bits per heavy atom. The van der Waals surface area contributed by atoms with Crippen molar-refractivity contribution < 1.29 is 4.39 Å². The third-order valence-corrected chi connectivity index (χ3v) is 4.68. The van der Waals surface area contributed by atoms with E-state index >= 15 is 0 Å². The van der Waals surface area contributed by atoms with Crippen molar-refractivity contribution in [1.29, 1.82) is 0 Å². The van der Waals surface area contributed by atoms with Gasteiger partial charge in [0.05, 0.1) is 0 Å². The van der Waals surface area contributed by atoms with Crippen molar-refractivity contribution in [3.8, 4) is 0 Å². The van der Waals surface area contributed by atoms with Crippen molar-refractivity contribution >= 4 is 11.6 Å². The van der Waals surface area contributed by atoms with E-state index in [0.717, 1.165) is 6.42 Å². The van der Waals surface area contributed by atoms with Crippen LogP contribution in [0.4, 0.5) is 4.39 Å². The Hall–Kier alpha value is -1.34. The zero-order valence-corrected chi connectivity index (χ0v) is 12.1. The first-order chi connectivity index (χ1) is 9.78. The van der Waals surface area contributed by atoms with Crippen molar-refractivity contribution in [2.75, 3.05) is 5.88 Å². The van der Waals surface area contributed by atoms with Gasteiger partial charge < -0.3 is 0 Å². The first-order valence-electron chi connectivity index (χ1n) is 7.13. The first kappa shape index (κ1) is 13.6. The Kier molecular flexibility index (Phi) is 4.07. The Morgan fingerprint density at radius 3 is 2.40 bits per heavy atom. The summed E-state index contributed by atoms with van der Waals surface area (Å²) < 4.78 is 12.9. The second kappa shape index (κ2) is 5.97. The van der Waals surface area contributed by atoms with Gasteiger partial charge in [0.15, 0.2) is 0 Å². The summed E-state index contributed by atoms with van der Waals surface area (Å²) in [7, 11) is 0. The Balaban J connectivity index is 1.65. The lowest BCUT2D eigenvalue weighted by molar-refractivity contribution is 0.500. The minimum absolute atomic E-state index is 0.176. The molecule has 2 aromatic rings. The molecule has 0 bridgehead atoms. The van der Waals surface area contributed by atoms with Gasteiger partial charge in [-0.15, -0.1) is 11.6 Å². The maximum absolute atomic E-state index is 12.9. The summed E-state index contributed by atoms with van der Waals surface area (Å²) >= 11 is 6.16. The highest BCUT2D eigenvalue weighted by molar-refractivity contribution is 6.18. The molecule has 20 heavy (non-hydrogen) atoms. The van der Waals surface area contributed by atoms with Gasteiger partial charge in [-0.05, 0) is 53.9 Å². The van der Waals surface area contributed by atoms with Crippen LogP contribution in [0, 0.1) is 17.7 Å². The van der Waals surface area contributed by atoms with Crippen molar-refractivity contribution in [3.63, 3.8) is 0 Å². The van der Waals surface area contributed by atoms with E-state index in [4.69, 9.17) is 11.6 Å². The molecule has 0 aliphatic heterocycles. The van der Waals surface area contributed by atoms with Crippen LogP contribution in [-0.4, -0.2) is 5.88 Å². The van der Waals surface area contributed by atoms with Gasteiger partial charge in [-0.2, -0.15) is 0 Å². The third-order valence-electron chi connectivity index (χ3n) is 4.28. The van der Waals surface area contributed by atoms with Crippen LogP contribution in [0.1, 0.15) is 23.5 Å². The van der Waals surface area contributed by atoms with E-state index in [1.807, 2.05) is 12.1 Å². The lowest BCUT2D eigenvalue weighted by atomic mass is 9.94. The quantitative estimate of drug-likeness (QED) is 0.677. The SMILES string of the molecule is Fc1ccc(CC(CCl)C2CC2c2ccccc2)cc1. The molecule has 0 N–H and O–H groups in total. The summed E-state index contributed by atoms with van der Waals surface area (Å²) in [6, 6.07) is 17.5. The van der Waals surface area contributed by atoms with E-state index in [2.05, 4.69) is 30.3 Å². The van der Waals surface area contributed by atoms with Crippen LogP contribution in [0.3, 0.4) is 0 Å². The zero-order chi connectivity index (χ0) is 13.9. The fourth-order valence-corrected chi connectivity index (χ4v) is 3.40. The molecule has 0 aromatic heterocycles. The Labute approximate surface area is 124 Å². The lowest BCUT2D eigenvalue weighted by Gasteiger charge is -2.14. The number of rotatable bonds is 5. The molecule has 3 atom stereocenters. The molecule has 3 rings (SSSR count). The van der Waals surface area contributed by atoms with Crippen LogP contribution in [0.5, 0.6) is 0 Å². The topological polar surface area (TPSA) is 0 Å². The Bertz CT molecular complexity index is 549. The summed E-state index contributed by atoms with van der Waals surface area (Å²) in [6.07, 6.45) is 2.17. The minimum atomic E-state index is -0.176. The summed E-state index contributed by atoms with van der Waals surface area (Å²) in [5.74, 6) is 2.29. The molecule has 1 saturated carbocycles. The molecule has 1 fully saturated rings. The normalized spacial score (nSPS) is 22.5. The van der Waals surface area contributed by atoms with Crippen LogP contribution in [0.25, 0.3) is 0 Å². The minimum Gasteiger partial charge on any atom is -0.207 e. The zero-order valence-electron chi connectivity index (χ0n) is 11.3. The molecule has 3 unspecified atom stereocenters. The second-order valence-electron chi connectivity index (χ2n) is 5.66. The van der Waals surface area contributed by atoms with Crippen molar-refractivity contribution in [3.05, 3.63) is 71.5 Å². The summed E-state index contributed by atoms with van der Waals surface area (Å²) in [4.78, 5) is 0. The highest BCUT2D eigenvalue weighted by atomic mass is 35.5. The molecule has 1 aliphatic rings. The van der Waals surface area contributed by atoms with Crippen molar-refractivity contribution in [1.82, 2.24) is 0 Å². The molecule has 0 radical (unpaired) electrons. The molecular formula is C18H18ClF. The highest BCUT2D eigenvalue weighted by Crippen LogP contribution is 2.52. The molecule has 0 nitrogen and oxygen atoms in total. The monoisotopic (exact) mass is 288 g/mol. The van der Waals surface area contributed by atoms with Gasteiger partial charge in [-0.3, -0.25) is 0 Å². The predicted octanol–water partition coefficient (Wildman–Crippen LogP) is 5.03. The van der Waals surface area contributed by atoms with E-state index in [1.165, 1.54) is 29.7 Å². The molecule has 1 aliphatic carbocycles. The second-order valence-corrected chi connectivity index (χ2v) is 5.97. The molecule has 0 amide bonds. The van der Waals surface area contributed by atoms with Crippen molar-refractivity contribution in [2.45, 2.75) is 18.8 Å². The average molecular weight is 289 g/mol. The fraction of sp³-hybridized carbons (Fsp3) is 0.333. The smallest absolute Gasteiger partial charge is 0.123 e.